The number of hydrogen-bond donors (Lipinski definition) is 1. The van der Waals surface area contributed by atoms with E-state index < -0.39 is 0 Å². The molecule has 1 atom stereocenters. The van der Waals surface area contributed by atoms with Crippen LogP contribution in [0.3, 0.4) is 0 Å². The fourth-order valence-electron chi connectivity index (χ4n) is 4.54. The van der Waals surface area contributed by atoms with Gasteiger partial charge in [0.25, 0.3) is 0 Å². The van der Waals surface area contributed by atoms with Crippen molar-refractivity contribution in [2.24, 2.45) is 0 Å². The number of imide groups is 1. The molecule has 4 heterocycles. The molecular weight excluding hydrogens is 460 g/mol. The third-order valence-corrected chi connectivity index (χ3v) is 7.52. The van der Waals surface area contributed by atoms with E-state index in [1.165, 1.54) is 16.2 Å². The smallest absolute Gasteiger partial charge is 0.229 e. The molecule has 5 rings (SSSR count). The number of fused-ring (bicyclic) bond motifs is 1. The summed E-state index contributed by atoms with van der Waals surface area (Å²) in [5.74, 6) is -0.215. The van der Waals surface area contributed by atoms with Crippen LogP contribution in [0.2, 0.25) is 5.02 Å². The Bertz CT molecular complexity index is 1210. The third-order valence-electron chi connectivity index (χ3n) is 6.19. The summed E-state index contributed by atoms with van der Waals surface area (Å²) in [4.78, 5) is 35.9. The lowest BCUT2D eigenvalue weighted by Gasteiger charge is -2.25. The van der Waals surface area contributed by atoms with Crippen molar-refractivity contribution in [2.75, 3.05) is 19.7 Å². The van der Waals surface area contributed by atoms with Crippen molar-refractivity contribution in [2.45, 2.75) is 45.3 Å². The number of carbonyl (C=O) groups is 2. The van der Waals surface area contributed by atoms with Gasteiger partial charge in [-0.3, -0.25) is 14.5 Å². The lowest BCUT2D eigenvalue weighted by molar-refractivity contribution is -0.148. The summed E-state index contributed by atoms with van der Waals surface area (Å²) >= 11 is 7.99. The molecule has 2 aliphatic rings. The van der Waals surface area contributed by atoms with Gasteiger partial charge in [-0.25, -0.2) is 9.97 Å². The number of likely N-dealkylation sites (tertiary alicyclic amines) is 1. The molecule has 7 nitrogen and oxygen atoms in total. The van der Waals surface area contributed by atoms with Crippen LogP contribution in [0.25, 0.3) is 21.5 Å². The maximum atomic E-state index is 12.3. The SMILES string of the molecule is Cc1cc(Cl)cc(-c2ncnc3cc(CN4C(=O)CCCC4=O)sc23)c1CC1CNCCO1. The molecule has 0 radical (unpaired) electrons. The van der Waals surface area contributed by atoms with Crippen LogP contribution < -0.4 is 5.32 Å². The lowest BCUT2D eigenvalue weighted by atomic mass is 9.94. The fraction of sp³-hybridized carbons (Fsp3) is 0.417. The second-order valence-electron chi connectivity index (χ2n) is 8.53. The molecule has 172 valence electrons. The van der Waals surface area contributed by atoms with E-state index in [-0.39, 0.29) is 24.5 Å². The van der Waals surface area contributed by atoms with Gasteiger partial charge in [0.05, 0.1) is 35.2 Å². The number of morpholine rings is 1. The second-order valence-corrected chi connectivity index (χ2v) is 10.1. The summed E-state index contributed by atoms with van der Waals surface area (Å²) in [6, 6.07) is 5.88. The van der Waals surface area contributed by atoms with Crippen molar-refractivity contribution in [3.8, 4) is 11.3 Å². The Morgan fingerprint density at radius 3 is 2.79 bits per heavy atom. The van der Waals surface area contributed by atoms with E-state index in [1.54, 1.807) is 6.33 Å². The highest BCUT2D eigenvalue weighted by molar-refractivity contribution is 7.19. The van der Waals surface area contributed by atoms with Gasteiger partial charge in [0.15, 0.2) is 0 Å². The molecule has 1 unspecified atom stereocenters. The van der Waals surface area contributed by atoms with Gasteiger partial charge in [0.1, 0.15) is 6.33 Å². The minimum absolute atomic E-state index is 0.0877. The summed E-state index contributed by atoms with van der Waals surface area (Å²) in [6.45, 7) is 4.72. The van der Waals surface area contributed by atoms with Gasteiger partial charge >= 0.3 is 0 Å². The molecule has 0 aliphatic carbocycles. The minimum atomic E-state index is -0.108. The van der Waals surface area contributed by atoms with Gasteiger partial charge in [0, 0.05) is 47.8 Å². The predicted octanol–water partition coefficient (Wildman–Crippen LogP) is 3.89. The average Bonchev–Trinajstić information content (AvgIpc) is 3.22. The molecule has 2 saturated heterocycles. The van der Waals surface area contributed by atoms with Crippen molar-refractivity contribution in [3.63, 3.8) is 0 Å². The Morgan fingerprint density at radius 1 is 1.21 bits per heavy atom. The van der Waals surface area contributed by atoms with Gasteiger partial charge in [-0.2, -0.15) is 0 Å². The van der Waals surface area contributed by atoms with Crippen molar-refractivity contribution in [1.29, 1.82) is 0 Å². The van der Waals surface area contributed by atoms with Crippen LogP contribution >= 0.6 is 22.9 Å². The summed E-state index contributed by atoms with van der Waals surface area (Å²) in [6.07, 6.45) is 3.88. The number of piperidine rings is 1. The van der Waals surface area contributed by atoms with Crippen molar-refractivity contribution >= 4 is 45.0 Å². The van der Waals surface area contributed by atoms with E-state index in [1.807, 2.05) is 18.2 Å². The van der Waals surface area contributed by atoms with Crippen LogP contribution in [0, 0.1) is 6.92 Å². The zero-order valence-corrected chi connectivity index (χ0v) is 20.0. The molecule has 2 aliphatic heterocycles. The summed E-state index contributed by atoms with van der Waals surface area (Å²) in [5.41, 5.74) is 4.84. The topological polar surface area (TPSA) is 84.4 Å². The first-order valence-electron chi connectivity index (χ1n) is 11.2. The number of ether oxygens (including phenoxy) is 1. The maximum absolute atomic E-state index is 12.3. The van der Waals surface area contributed by atoms with Crippen molar-refractivity contribution in [3.05, 3.63) is 45.6 Å². The molecule has 0 spiro atoms. The van der Waals surface area contributed by atoms with E-state index >= 15 is 0 Å². The Kier molecular flexibility index (Phi) is 6.42. The lowest BCUT2D eigenvalue weighted by Crippen LogP contribution is -2.39. The van der Waals surface area contributed by atoms with Gasteiger partial charge in [-0.1, -0.05) is 11.6 Å². The highest BCUT2D eigenvalue weighted by Gasteiger charge is 2.27. The quantitative estimate of drug-likeness (QED) is 0.553. The molecule has 2 aromatic heterocycles. The summed E-state index contributed by atoms with van der Waals surface area (Å²) in [7, 11) is 0. The summed E-state index contributed by atoms with van der Waals surface area (Å²) < 4.78 is 6.89. The van der Waals surface area contributed by atoms with E-state index in [2.05, 4.69) is 22.2 Å². The molecule has 1 N–H and O–H groups in total. The van der Waals surface area contributed by atoms with E-state index in [9.17, 15) is 9.59 Å². The number of amides is 2. The van der Waals surface area contributed by atoms with E-state index in [4.69, 9.17) is 16.3 Å². The molecule has 3 aromatic rings. The number of nitrogens with zero attached hydrogens (tertiary/aromatic N) is 3. The third kappa shape index (κ3) is 4.66. The fourth-order valence-corrected chi connectivity index (χ4v) is 5.91. The van der Waals surface area contributed by atoms with E-state index in [0.717, 1.165) is 57.0 Å². The van der Waals surface area contributed by atoms with Crippen LogP contribution in [-0.2, 0) is 27.3 Å². The largest absolute Gasteiger partial charge is 0.375 e. The second kappa shape index (κ2) is 9.46. The zero-order chi connectivity index (χ0) is 22.9. The van der Waals surface area contributed by atoms with Crippen molar-refractivity contribution < 1.29 is 14.3 Å². The minimum Gasteiger partial charge on any atom is -0.375 e. The molecule has 2 fully saturated rings. The predicted molar refractivity (Wildman–Crippen MR) is 128 cm³/mol. The zero-order valence-electron chi connectivity index (χ0n) is 18.4. The molecule has 2 amide bonds. The Hall–Kier alpha value is -2.39. The standard InChI is InChI=1S/C24H25ClN4O3S/c1-14-7-15(25)8-19(18(14)9-16-11-26-5-6-32-16)23-24-20(27-13-28-23)10-17(33-24)12-29-21(30)3-2-4-22(29)31/h7-8,10,13,16,26H,2-6,9,11-12H2,1H3. The van der Waals surface area contributed by atoms with Crippen LogP contribution in [0.5, 0.6) is 0 Å². The Labute approximate surface area is 201 Å². The van der Waals surface area contributed by atoms with E-state index in [0.29, 0.717) is 30.9 Å². The molecule has 0 saturated carbocycles. The number of benzene rings is 1. The number of thiophene rings is 1. The number of nitrogens with one attached hydrogen (secondary N) is 1. The first kappa shape index (κ1) is 22.4. The monoisotopic (exact) mass is 484 g/mol. The van der Waals surface area contributed by atoms with Crippen LogP contribution in [0.4, 0.5) is 0 Å². The van der Waals surface area contributed by atoms with Gasteiger partial charge < -0.3 is 10.1 Å². The van der Waals surface area contributed by atoms with Crippen LogP contribution in [-0.4, -0.2) is 52.5 Å². The molecule has 1 aromatic carbocycles. The summed E-state index contributed by atoms with van der Waals surface area (Å²) in [5, 5.41) is 4.04. The molecule has 33 heavy (non-hydrogen) atoms. The first-order chi connectivity index (χ1) is 16.0. The van der Waals surface area contributed by atoms with Gasteiger partial charge in [-0.15, -0.1) is 11.3 Å². The number of aryl methyl sites for hydroxylation is 1. The van der Waals surface area contributed by atoms with Crippen LogP contribution in [0.1, 0.15) is 35.3 Å². The van der Waals surface area contributed by atoms with Gasteiger partial charge in [-0.05, 0) is 42.7 Å². The number of aromatic nitrogens is 2. The number of carbonyl (C=O) groups excluding carboxylic acids is 2. The number of hydrogen-bond acceptors (Lipinski definition) is 7. The number of halogens is 1. The highest BCUT2D eigenvalue weighted by Crippen LogP contribution is 2.37. The number of rotatable bonds is 5. The van der Waals surface area contributed by atoms with Gasteiger partial charge in [0.2, 0.25) is 11.8 Å². The first-order valence-corrected chi connectivity index (χ1v) is 12.4. The normalized spacial score (nSPS) is 19.5. The maximum Gasteiger partial charge on any atom is 0.229 e. The molecule has 0 bridgehead atoms. The highest BCUT2D eigenvalue weighted by atomic mass is 35.5. The average molecular weight is 485 g/mol. The Morgan fingerprint density at radius 2 is 2.03 bits per heavy atom. The van der Waals surface area contributed by atoms with Crippen molar-refractivity contribution in [1.82, 2.24) is 20.2 Å². The molecular formula is C24H25ClN4O3S. The van der Waals surface area contributed by atoms with Crippen LogP contribution in [0.15, 0.2) is 24.5 Å². The molecule has 9 heteroatoms. The Balaban J connectivity index is 1.53.